The lowest BCUT2D eigenvalue weighted by Gasteiger charge is -2.56. The van der Waals surface area contributed by atoms with Crippen molar-refractivity contribution in [3.05, 3.63) is 106 Å². The Morgan fingerprint density at radius 1 is 1.03 bits per heavy atom. The molecule has 1 spiro atoms. The van der Waals surface area contributed by atoms with Crippen molar-refractivity contribution >= 4 is 50.1 Å². The number of H-pyrrole nitrogens is 1. The second kappa shape index (κ2) is 17.5. The topological polar surface area (TPSA) is 180 Å². The summed E-state index contributed by atoms with van der Waals surface area (Å²) in [4.78, 5) is 38.3. The third kappa shape index (κ3) is 8.77. The molecule has 66 heavy (non-hydrogen) atoms. The van der Waals surface area contributed by atoms with Gasteiger partial charge < -0.3 is 24.5 Å². The summed E-state index contributed by atoms with van der Waals surface area (Å²) >= 11 is 1.32. The molecule has 2 saturated heterocycles. The van der Waals surface area contributed by atoms with Gasteiger partial charge in [-0.05, 0) is 130 Å². The van der Waals surface area contributed by atoms with Crippen molar-refractivity contribution < 1.29 is 32.7 Å². The van der Waals surface area contributed by atoms with Crippen LogP contribution in [0.3, 0.4) is 0 Å². The molecule has 3 aromatic carbocycles. The summed E-state index contributed by atoms with van der Waals surface area (Å²) in [5.41, 5.74) is 3.61. The maximum Gasteiger partial charge on any atom is 0.288 e. The van der Waals surface area contributed by atoms with Gasteiger partial charge in [-0.25, -0.2) is 18.1 Å². The number of sulfonamides is 1. The molecule has 3 aliphatic heterocycles. The van der Waals surface area contributed by atoms with Crippen LogP contribution in [0, 0.1) is 21.4 Å². The van der Waals surface area contributed by atoms with Gasteiger partial charge in [0.15, 0.2) is 0 Å². The van der Waals surface area contributed by atoms with Crippen LogP contribution in [0.1, 0.15) is 118 Å². The Hall–Kier alpha value is -5.16. The van der Waals surface area contributed by atoms with E-state index in [9.17, 15) is 28.4 Å². The van der Waals surface area contributed by atoms with Gasteiger partial charge in [-0.15, -0.1) is 11.8 Å². The highest BCUT2D eigenvalue weighted by Crippen LogP contribution is 2.55. The highest BCUT2D eigenvalue weighted by Gasteiger charge is 2.50. The molecular weight excluding hydrogens is 877 g/mol. The first kappa shape index (κ1) is 44.7. The van der Waals surface area contributed by atoms with Gasteiger partial charge in [0.05, 0.1) is 27.2 Å². The van der Waals surface area contributed by atoms with Crippen molar-refractivity contribution in [2.45, 2.75) is 124 Å². The average Bonchev–Trinajstić information content (AvgIpc) is 3.98. The molecule has 2 atom stereocenters. The fourth-order valence-corrected chi connectivity index (χ4v) is 13.7. The fraction of sp³-hybridized carbons (Fsp3) is 0.480. The van der Waals surface area contributed by atoms with Crippen LogP contribution in [0.2, 0.25) is 0 Å². The molecule has 0 radical (unpaired) electrons. The SMILES string of the molecule is CC(C)c1ccccc1[C@H]1CCCN1C1CC2(CCN(c3ccc(C(=O)NS(=O)(=O)c4cc5c(c([N+](=O)[O-])c4)S[C@@H](C4CCC(C)(O)CC4)CO5)c(Oc4cnc5[nH]ccc5c4)c3)CC2)C1. The van der Waals surface area contributed by atoms with Crippen molar-refractivity contribution in [3.63, 3.8) is 0 Å². The minimum atomic E-state index is -4.64. The third-order valence-electron chi connectivity index (χ3n) is 15.1. The zero-order valence-electron chi connectivity index (χ0n) is 37.7. The van der Waals surface area contributed by atoms with E-state index in [2.05, 4.69) is 62.6 Å². The number of hydrogen-bond donors (Lipinski definition) is 3. The Bertz CT molecular complexity index is 2770. The van der Waals surface area contributed by atoms with E-state index in [1.54, 1.807) is 30.6 Å². The molecule has 2 aromatic heterocycles. The summed E-state index contributed by atoms with van der Waals surface area (Å²) in [6.45, 7) is 9.45. The molecule has 0 unspecified atom stereocenters. The number of amides is 1. The number of piperidine rings is 1. The number of aromatic nitrogens is 2. The summed E-state index contributed by atoms with van der Waals surface area (Å²) in [7, 11) is -4.64. The van der Waals surface area contributed by atoms with Crippen molar-refractivity contribution in [1.29, 1.82) is 0 Å². The number of carbonyl (C=O) groups is 1. The first-order valence-corrected chi connectivity index (χ1v) is 25.8. The van der Waals surface area contributed by atoms with E-state index in [1.165, 1.54) is 54.6 Å². The number of aromatic amines is 1. The molecule has 5 aliphatic rings. The number of nitrogens with one attached hydrogen (secondary N) is 2. The summed E-state index contributed by atoms with van der Waals surface area (Å²) in [6, 6.07) is 21.1. The number of nitro benzene ring substituents is 1. The van der Waals surface area contributed by atoms with Gasteiger partial charge in [-0.1, -0.05) is 38.1 Å². The van der Waals surface area contributed by atoms with Crippen LogP contribution in [0.25, 0.3) is 11.0 Å². The number of ether oxygens (including phenoxy) is 2. The van der Waals surface area contributed by atoms with E-state index in [-0.39, 0.29) is 39.7 Å². The highest BCUT2D eigenvalue weighted by atomic mass is 32.2. The number of nitrogens with zero attached hydrogens (tertiary/aromatic N) is 4. The number of benzene rings is 3. The number of aliphatic hydroxyl groups is 1. The number of rotatable bonds is 11. The maximum atomic E-state index is 14.1. The quantitative estimate of drug-likeness (QED) is 0.0844. The van der Waals surface area contributed by atoms with E-state index >= 15 is 0 Å². The summed E-state index contributed by atoms with van der Waals surface area (Å²) < 4.78 is 42.5. The average molecular weight is 935 g/mol. The van der Waals surface area contributed by atoms with Gasteiger partial charge >= 0.3 is 0 Å². The second-order valence-electron chi connectivity index (χ2n) is 19.9. The molecule has 1 amide bonds. The zero-order chi connectivity index (χ0) is 46.0. The highest BCUT2D eigenvalue weighted by molar-refractivity contribution is 8.00. The van der Waals surface area contributed by atoms with Gasteiger partial charge in [0.25, 0.3) is 21.6 Å². The Kier molecular flexibility index (Phi) is 11.8. The minimum absolute atomic E-state index is 0.0282. The molecule has 5 heterocycles. The number of carbonyl (C=O) groups excluding carboxylic acids is 1. The lowest BCUT2D eigenvalue weighted by Crippen LogP contribution is -2.54. The van der Waals surface area contributed by atoms with Crippen molar-refractivity contribution in [2.24, 2.45) is 11.3 Å². The Labute approximate surface area is 390 Å². The number of likely N-dealkylation sites (tertiary alicyclic amines) is 1. The van der Waals surface area contributed by atoms with Crippen LogP contribution in [-0.2, 0) is 10.0 Å². The first-order chi connectivity index (χ1) is 31.6. The van der Waals surface area contributed by atoms with Gasteiger partial charge in [0, 0.05) is 65.9 Å². The summed E-state index contributed by atoms with van der Waals surface area (Å²) in [6.07, 6.45) is 13.0. The van der Waals surface area contributed by atoms with Crippen LogP contribution in [0.5, 0.6) is 17.2 Å². The summed E-state index contributed by atoms with van der Waals surface area (Å²) in [5, 5.41) is 23.6. The normalized spacial score (nSPS) is 24.5. The van der Waals surface area contributed by atoms with Crippen LogP contribution < -0.4 is 19.1 Å². The van der Waals surface area contributed by atoms with E-state index in [0.717, 1.165) is 62.5 Å². The molecule has 4 fully saturated rings. The van der Waals surface area contributed by atoms with Gasteiger partial charge in [-0.3, -0.25) is 19.8 Å². The summed E-state index contributed by atoms with van der Waals surface area (Å²) in [5.74, 6) is 0.311. The van der Waals surface area contributed by atoms with Crippen LogP contribution in [0.4, 0.5) is 11.4 Å². The molecule has 3 N–H and O–H groups in total. The van der Waals surface area contributed by atoms with Crippen molar-refractivity contribution in [3.8, 4) is 17.2 Å². The number of nitro groups is 1. The maximum absolute atomic E-state index is 14.1. The lowest BCUT2D eigenvalue weighted by molar-refractivity contribution is -0.388. The first-order valence-electron chi connectivity index (χ1n) is 23.4. The molecule has 348 valence electrons. The van der Waals surface area contributed by atoms with Crippen LogP contribution in [0.15, 0.2) is 88.9 Å². The van der Waals surface area contributed by atoms with Crippen molar-refractivity contribution in [2.75, 3.05) is 31.1 Å². The molecule has 5 aromatic rings. The van der Waals surface area contributed by atoms with Gasteiger partial charge in [-0.2, -0.15) is 0 Å². The third-order valence-corrected chi connectivity index (χ3v) is 17.9. The lowest BCUT2D eigenvalue weighted by atomic mass is 9.59. The Balaban J connectivity index is 0.855. The Morgan fingerprint density at radius 2 is 1.80 bits per heavy atom. The second-order valence-corrected chi connectivity index (χ2v) is 22.8. The monoisotopic (exact) mass is 934 g/mol. The predicted molar refractivity (Wildman–Crippen MR) is 254 cm³/mol. The zero-order valence-corrected chi connectivity index (χ0v) is 39.3. The predicted octanol–water partition coefficient (Wildman–Crippen LogP) is 9.89. The number of thioether (sulfide) groups is 1. The molecule has 14 nitrogen and oxygen atoms in total. The number of fused-ring (bicyclic) bond motifs is 2. The molecule has 2 saturated carbocycles. The molecule has 10 rings (SSSR count). The smallest absolute Gasteiger partial charge is 0.288 e. The molecule has 16 heteroatoms. The van der Waals surface area contributed by atoms with E-state index < -0.39 is 37.0 Å². The van der Waals surface area contributed by atoms with Crippen molar-refractivity contribution in [1.82, 2.24) is 19.6 Å². The molecule has 0 bridgehead atoms. The standard InChI is InChI=1S/C50H58N6O8S2/c1-31(2)38-7-4-5-8-39(38)41-9-6-20-55(41)35-27-50(28-35)17-21-54(22-18-50)34-10-11-40(43(24-34)64-36-23-33-14-19-51-47(33)52-29-36)48(57)53-66(61,62)37-25-42(56(59)60)46-44(26-37)63-30-45(65-46)32-12-15-49(3,58)16-13-32/h4-5,7-8,10-11,14,19,23-26,29,31-32,35,41,45,58H,6,9,12-13,15-18,20-22,27-28,30H2,1-3H3,(H,51,52)(H,53,57)/t32?,41-,45-,49?/m1/s1. The minimum Gasteiger partial charge on any atom is -0.491 e. The largest absolute Gasteiger partial charge is 0.491 e. The molecular formula is C50H58N6O8S2. The van der Waals surface area contributed by atoms with E-state index in [1.807, 2.05) is 19.1 Å². The Morgan fingerprint density at radius 3 is 2.56 bits per heavy atom. The van der Waals surface area contributed by atoms with E-state index in [0.29, 0.717) is 47.7 Å². The molecule has 2 aliphatic carbocycles. The number of hydrogen-bond acceptors (Lipinski definition) is 12. The number of anilines is 1. The number of pyridine rings is 1. The van der Waals surface area contributed by atoms with Gasteiger partial charge in [0.2, 0.25) is 0 Å². The van der Waals surface area contributed by atoms with Crippen LogP contribution >= 0.6 is 11.8 Å². The fourth-order valence-electron chi connectivity index (χ4n) is 11.3. The van der Waals surface area contributed by atoms with E-state index in [4.69, 9.17) is 9.47 Å². The van der Waals surface area contributed by atoms with Gasteiger partial charge in [0.1, 0.15) is 34.4 Å². The van der Waals surface area contributed by atoms with Crippen LogP contribution in [-0.4, -0.2) is 82.4 Å².